The second-order valence-corrected chi connectivity index (χ2v) is 5.81. The molecule has 3 rings (SSSR count). The molecule has 0 amide bonds. The number of aryl methyl sites for hydroxylation is 1. The molecule has 1 fully saturated rings. The van der Waals surface area contributed by atoms with Gasteiger partial charge in [-0.25, -0.2) is 0 Å². The van der Waals surface area contributed by atoms with Crippen molar-refractivity contribution in [3.63, 3.8) is 0 Å². The zero-order valence-corrected chi connectivity index (χ0v) is 11.0. The molecule has 0 radical (unpaired) electrons. The summed E-state index contributed by atoms with van der Waals surface area (Å²) in [6.45, 7) is 10.0. The molecule has 0 aromatic carbocycles. The lowest BCUT2D eigenvalue weighted by molar-refractivity contribution is -0.144. The predicted octanol–water partition coefficient (Wildman–Crippen LogP) is 3.19. The van der Waals surface area contributed by atoms with Crippen LogP contribution in [0.1, 0.15) is 36.8 Å². The molecule has 1 aromatic heterocycles. The Labute approximate surface area is 107 Å². The molecule has 4 unspecified atom stereocenters. The van der Waals surface area contributed by atoms with Gasteiger partial charge < -0.3 is 9.15 Å². The van der Waals surface area contributed by atoms with Gasteiger partial charge in [-0.1, -0.05) is 19.9 Å². The highest BCUT2D eigenvalue weighted by molar-refractivity contribution is 5.76. The molecule has 2 aliphatic rings. The third-order valence-electron chi connectivity index (χ3n) is 4.64. The van der Waals surface area contributed by atoms with E-state index in [1.807, 2.05) is 19.9 Å². The van der Waals surface area contributed by atoms with Crippen molar-refractivity contribution in [2.45, 2.75) is 33.3 Å². The summed E-state index contributed by atoms with van der Waals surface area (Å²) in [5, 5.41) is 0. The maximum absolute atomic E-state index is 11.9. The average Bonchev–Trinajstić information content (AvgIpc) is 2.82. The van der Waals surface area contributed by atoms with Gasteiger partial charge in [0.05, 0.1) is 12.2 Å². The van der Waals surface area contributed by atoms with E-state index in [9.17, 15) is 4.79 Å². The number of carbonyl (C=O) groups excluding carboxylic acids is 1. The minimum atomic E-state index is -0.169. The number of carbonyl (C=O) groups is 1. The van der Waals surface area contributed by atoms with E-state index in [-0.39, 0.29) is 29.3 Å². The topological polar surface area (TPSA) is 39.4 Å². The van der Waals surface area contributed by atoms with E-state index in [1.165, 1.54) is 0 Å². The molecule has 2 heterocycles. The second-order valence-electron chi connectivity index (χ2n) is 5.81. The molecular weight excluding hydrogens is 228 g/mol. The number of furan rings is 1. The monoisotopic (exact) mass is 246 g/mol. The molecule has 0 bridgehead atoms. The molecule has 0 N–H and O–H groups in total. The number of esters is 1. The first kappa shape index (κ1) is 11.6. The van der Waals surface area contributed by atoms with Crippen LogP contribution in [-0.2, 0) is 16.0 Å². The zero-order valence-electron chi connectivity index (χ0n) is 11.0. The van der Waals surface area contributed by atoms with Crippen molar-refractivity contribution in [2.24, 2.45) is 17.3 Å². The largest absolute Gasteiger partial charge is 0.469 e. The van der Waals surface area contributed by atoms with Crippen molar-refractivity contribution in [2.75, 3.05) is 0 Å². The molecule has 1 aliphatic carbocycles. The summed E-state index contributed by atoms with van der Waals surface area (Å²) < 4.78 is 11.2. The number of hydrogen-bond donors (Lipinski definition) is 0. The first-order valence-corrected chi connectivity index (χ1v) is 6.39. The van der Waals surface area contributed by atoms with Crippen LogP contribution in [0.2, 0.25) is 0 Å². The molecular formula is C15H18O3. The first-order valence-electron chi connectivity index (χ1n) is 6.39. The van der Waals surface area contributed by atoms with E-state index in [4.69, 9.17) is 9.15 Å². The highest BCUT2D eigenvalue weighted by Crippen LogP contribution is 2.56. The predicted molar refractivity (Wildman–Crippen MR) is 66.9 cm³/mol. The second kappa shape index (κ2) is 3.50. The molecule has 3 heteroatoms. The number of fused-ring (bicyclic) bond motifs is 3. The lowest BCUT2D eigenvalue weighted by atomic mass is 9.62. The Bertz CT molecular complexity index is 528. The van der Waals surface area contributed by atoms with Gasteiger partial charge in [0.1, 0.15) is 11.9 Å². The van der Waals surface area contributed by atoms with Gasteiger partial charge in [0.15, 0.2) is 0 Å². The minimum absolute atomic E-state index is 0.0829. The van der Waals surface area contributed by atoms with Crippen molar-refractivity contribution in [1.29, 1.82) is 0 Å². The van der Waals surface area contributed by atoms with Gasteiger partial charge >= 0.3 is 5.97 Å². The Hall–Kier alpha value is -1.51. The molecule has 1 saturated heterocycles. The van der Waals surface area contributed by atoms with Crippen LogP contribution in [0.3, 0.4) is 0 Å². The summed E-state index contributed by atoms with van der Waals surface area (Å²) in [6.07, 6.45) is 4.33. The highest BCUT2D eigenvalue weighted by atomic mass is 16.6. The summed E-state index contributed by atoms with van der Waals surface area (Å²) in [4.78, 5) is 11.9. The summed E-state index contributed by atoms with van der Waals surface area (Å²) in [5.74, 6) is 0.913. The van der Waals surface area contributed by atoms with Crippen molar-refractivity contribution >= 4 is 5.97 Å². The van der Waals surface area contributed by atoms with Crippen LogP contribution >= 0.6 is 0 Å². The van der Waals surface area contributed by atoms with Gasteiger partial charge in [-0.2, -0.15) is 0 Å². The normalized spacial score (nSPS) is 37.9. The Morgan fingerprint density at radius 1 is 1.56 bits per heavy atom. The Balaban J connectivity index is 2.18. The molecule has 96 valence electrons. The SMILES string of the molecule is C=CC1(C)Cc2occ(C)c2C2OC(=O)C(C)C21. The smallest absolute Gasteiger partial charge is 0.309 e. The third-order valence-corrected chi connectivity index (χ3v) is 4.64. The Kier molecular flexibility index (Phi) is 2.25. The summed E-state index contributed by atoms with van der Waals surface area (Å²) in [6, 6.07) is 0. The van der Waals surface area contributed by atoms with Crippen LogP contribution in [0.4, 0.5) is 0 Å². The molecule has 1 aliphatic heterocycles. The van der Waals surface area contributed by atoms with Crippen molar-refractivity contribution in [1.82, 2.24) is 0 Å². The molecule has 1 aromatic rings. The average molecular weight is 246 g/mol. The maximum Gasteiger partial charge on any atom is 0.309 e. The maximum atomic E-state index is 11.9. The van der Waals surface area contributed by atoms with Crippen LogP contribution in [-0.4, -0.2) is 5.97 Å². The standard InChI is InChI=1S/C15H18O3/c1-5-15(4)6-10-11(8(2)7-17-10)13-12(15)9(3)14(16)18-13/h5,7,9,12-13H,1,6H2,2-4H3. The van der Waals surface area contributed by atoms with Crippen LogP contribution in [0.15, 0.2) is 23.3 Å². The van der Waals surface area contributed by atoms with Crippen LogP contribution in [0.25, 0.3) is 0 Å². The third kappa shape index (κ3) is 1.27. The van der Waals surface area contributed by atoms with E-state index < -0.39 is 0 Å². The number of hydrogen-bond acceptors (Lipinski definition) is 3. The Morgan fingerprint density at radius 2 is 2.28 bits per heavy atom. The van der Waals surface area contributed by atoms with Gasteiger partial charge in [0.25, 0.3) is 0 Å². The summed E-state index contributed by atoms with van der Waals surface area (Å²) >= 11 is 0. The first-order chi connectivity index (χ1) is 8.48. The van der Waals surface area contributed by atoms with Crippen LogP contribution in [0, 0.1) is 24.2 Å². The zero-order chi connectivity index (χ0) is 13.1. The Morgan fingerprint density at radius 3 is 2.94 bits per heavy atom. The molecule has 3 nitrogen and oxygen atoms in total. The number of allylic oxidation sites excluding steroid dienone is 1. The lowest BCUT2D eigenvalue weighted by Crippen LogP contribution is -2.37. The fourth-order valence-electron chi connectivity index (χ4n) is 3.57. The summed E-state index contributed by atoms with van der Waals surface area (Å²) in [5.41, 5.74) is 2.01. The van der Waals surface area contributed by atoms with Crippen LogP contribution < -0.4 is 0 Å². The van der Waals surface area contributed by atoms with Crippen molar-refractivity contribution in [3.8, 4) is 0 Å². The van der Waals surface area contributed by atoms with E-state index in [0.717, 1.165) is 23.3 Å². The highest BCUT2D eigenvalue weighted by Gasteiger charge is 2.55. The van der Waals surface area contributed by atoms with Gasteiger partial charge in [0, 0.05) is 17.9 Å². The quantitative estimate of drug-likeness (QED) is 0.564. The van der Waals surface area contributed by atoms with Gasteiger partial charge in [-0.05, 0) is 17.9 Å². The molecule has 0 spiro atoms. The fraction of sp³-hybridized carbons (Fsp3) is 0.533. The van der Waals surface area contributed by atoms with Crippen molar-refractivity contribution < 1.29 is 13.9 Å². The van der Waals surface area contributed by atoms with E-state index >= 15 is 0 Å². The van der Waals surface area contributed by atoms with Gasteiger partial charge in [-0.3, -0.25) is 4.79 Å². The van der Waals surface area contributed by atoms with E-state index in [1.54, 1.807) is 6.26 Å². The van der Waals surface area contributed by atoms with Gasteiger partial charge in [0.2, 0.25) is 0 Å². The van der Waals surface area contributed by atoms with E-state index in [2.05, 4.69) is 13.5 Å². The molecule has 18 heavy (non-hydrogen) atoms. The molecule has 4 atom stereocenters. The van der Waals surface area contributed by atoms with Crippen molar-refractivity contribution in [3.05, 3.63) is 35.8 Å². The minimum Gasteiger partial charge on any atom is -0.469 e. The molecule has 0 saturated carbocycles. The van der Waals surface area contributed by atoms with E-state index in [0.29, 0.717) is 0 Å². The van der Waals surface area contributed by atoms with Gasteiger partial charge in [-0.15, -0.1) is 6.58 Å². The van der Waals surface area contributed by atoms with Crippen LogP contribution in [0.5, 0.6) is 0 Å². The number of ether oxygens (including phenoxy) is 1. The summed E-state index contributed by atoms with van der Waals surface area (Å²) in [7, 11) is 0. The number of rotatable bonds is 1. The fourth-order valence-corrected chi connectivity index (χ4v) is 3.57. The lowest BCUT2D eigenvalue weighted by Gasteiger charge is -2.40.